The lowest BCUT2D eigenvalue weighted by molar-refractivity contribution is 0.0651. The molecule has 0 spiro atoms. The highest BCUT2D eigenvalue weighted by Crippen LogP contribution is 2.21. The Morgan fingerprint density at radius 2 is 1.95 bits per heavy atom. The number of nitrogens with one attached hydrogen (secondary N) is 1. The van der Waals surface area contributed by atoms with Gasteiger partial charge in [0.2, 0.25) is 0 Å². The van der Waals surface area contributed by atoms with Gasteiger partial charge >= 0.3 is 0 Å². The number of hydrogen-bond acceptors (Lipinski definition) is 3. The maximum Gasteiger partial charge on any atom is 0.261 e. The van der Waals surface area contributed by atoms with Gasteiger partial charge < -0.3 is 10.1 Å². The maximum atomic E-state index is 12.0. The van der Waals surface area contributed by atoms with E-state index in [1.807, 2.05) is 38.1 Å². The molecule has 2 rings (SSSR count). The fourth-order valence-electron chi connectivity index (χ4n) is 1.83. The Hall–Kier alpha value is -1.36. The van der Waals surface area contributed by atoms with Gasteiger partial charge in [0.15, 0.2) is 0 Å². The second-order valence-corrected chi connectivity index (χ2v) is 6.63. The Labute approximate surface area is 133 Å². The first-order chi connectivity index (χ1) is 10.1. The monoisotopic (exact) mass is 323 g/mol. The van der Waals surface area contributed by atoms with Crippen LogP contribution in [0.1, 0.15) is 34.6 Å². The molecule has 0 saturated carbocycles. The van der Waals surface area contributed by atoms with E-state index in [4.69, 9.17) is 16.3 Å². The van der Waals surface area contributed by atoms with Crippen molar-refractivity contribution in [1.82, 2.24) is 5.32 Å². The minimum absolute atomic E-state index is 0.105. The molecule has 0 fully saturated rings. The quantitative estimate of drug-likeness (QED) is 0.862. The Bertz CT molecular complexity index is 610. The van der Waals surface area contributed by atoms with Gasteiger partial charge in [0, 0.05) is 6.54 Å². The van der Waals surface area contributed by atoms with Gasteiger partial charge in [-0.15, -0.1) is 11.3 Å². The number of ether oxygens (including phenoxy) is 1. The maximum absolute atomic E-state index is 12.0. The molecule has 21 heavy (non-hydrogen) atoms. The predicted octanol–water partition coefficient (Wildman–Crippen LogP) is 4.26. The molecule has 0 saturated heterocycles. The summed E-state index contributed by atoms with van der Waals surface area (Å²) in [4.78, 5) is 12.6. The van der Waals surface area contributed by atoms with Crippen LogP contribution in [0.2, 0.25) is 4.34 Å². The smallest absolute Gasteiger partial charge is 0.261 e. The second kappa shape index (κ2) is 7.59. The highest BCUT2D eigenvalue weighted by atomic mass is 35.5. The Balaban J connectivity index is 1.98. The summed E-state index contributed by atoms with van der Waals surface area (Å²) < 4.78 is 6.25. The number of halogens is 1. The van der Waals surface area contributed by atoms with Crippen molar-refractivity contribution in [3.05, 3.63) is 56.7 Å². The standard InChI is InChI=1S/C16H18ClNO2S/c1-11(2)20-10-13-6-4-3-5-12(13)9-18-16(19)14-7-8-15(17)21-14/h3-8,11H,9-10H2,1-2H3,(H,18,19). The van der Waals surface area contributed by atoms with E-state index in [0.29, 0.717) is 22.4 Å². The molecular weight excluding hydrogens is 306 g/mol. The molecule has 1 N–H and O–H groups in total. The van der Waals surface area contributed by atoms with E-state index in [-0.39, 0.29) is 12.0 Å². The van der Waals surface area contributed by atoms with Crippen molar-refractivity contribution in [2.45, 2.75) is 33.1 Å². The lowest BCUT2D eigenvalue weighted by Crippen LogP contribution is -2.22. The summed E-state index contributed by atoms with van der Waals surface area (Å²) in [5.74, 6) is -0.105. The van der Waals surface area contributed by atoms with Gasteiger partial charge in [-0.3, -0.25) is 4.79 Å². The number of carbonyl (C=O) groups excluding carboxylic acids is 1. The fourth-order valence-corrected chi connectivity index (χ4v) is 2.79. The summed E-state index contributed by atoms with van der Waals surface area (Å²) in [6.45, 7) is 5.04. The highest BCUT2D eigenvalue weighted by molar-refractivity contribution is 7.17. The molecule has 1 aromatic heterocycles. The highest BCUT2D eigenvalue weighted by Gasteiger charge is 2.09. The van der Waals surface area contributed by atoms with Gasteiger partial charge in [-0.1, -0.05) is 35.9 Å². The zero-order valence-corrected chi connectivity index (χ0v) is 13.6. The number of carbonyl (C=O) groups is 1. The second-order valence-electron chi connectivity index (χ2n) is 4.91. The summed E-state index contributed by atoms with van der Waals surface area (Å²) in [6.07, 6.45) is 0.181. The zero-order valence-electron chi connectivity index (χ0n) is 12.1. The predicted molar refractivity (Wildman–Crippen MR) is 86.9 cm³/mol. The molecular formula is C16H18ClNO2S. The molecule has 2 aromatic rings. The van der Waals surface area contributed by atoms with E-state index in [1.54, 1.807) is 12.1 Å². The van der Waals surface area contributed by atoms with E-state index in [0.717, 1.165) is 11.1 Å². The molecule has 0 unspecified atom stereocenters. The van der Waals surface area contributed by atoms with Crippen molar-refractivity contribution < 1.29 is 9.53 Å². The lowest BCUT2D eigenvalue weighted by atomic mass is 10.1. The first-order valence-corrected chi connectivity index (χ1v) is 7.97. The van der Waals surface area contributed by atoms with E-state index in [2.05, 4.69) is 5.32 Å². The van der Waals surface area contributed by atoms with Crippen LogP contribution in [0.4, 0.5) is 0 Å². The van der Waals surface area contributed by atoms with Crippen LogP contribution >= 0.6 is 22.9 Å². The molecule has 0 aliphatic heterocycles. The van der Waals surface area contributed by atoms with Crippen molar-refractivity contribution in [3.63, 3.8) is 0 Å². The number of rotatable bonds is 6. The third-order valence-corrected chi connectivity index (χ3v) is 4.16. The van der Waals surface area contributed by atoms with Crippen molar-refractivity contribution in [2.75, 3.05) is 0 Å². The molecule has 1 heterocycles. The Kier molecular flexibility index (Phi) is 5.79. The van der Waals surface area contributed by atoms with Crippen LogP contribution in [0.5, 0.6) is 0 Å². The van der Waals surface area contributed by atoms with E-state index in [1.165, 1.54) is 11.3 Å². The minimum atomic E-state index is -0.105. The van der Waals surface area contributed by atoms with Crippen LogP contribution in [0.3, 0.4) is 0 Å². The molecule has 112 valence electrons. The Morgan fingerprint density at radius 1 is 1.24 bits per heavy atom. The van der Waals surface area contributed by atoms with Crippen LogP contribution in [-0.4, -0.2) is 12.0 Å². The third kappa shape index (κ3) is 4.84. The van der Waals surface area contributed by atoms with Gasteiger partial charge in [-0.05, 0) is 37.1 Å². The van der Waals surface area contributed by atoms with Crippen LogP contribution in [0.15, 0.2) is 36.4 Å². The summed E-state index contributed by atoms with van der Waals surface area (Å²) in [7, 11) is 0. The van der Waals surface area contributed by atoms with Crippen LogP contribution in [0, 0.1) is 0 Å². The summed E-state index contributed by atoms with van der Waals surface area (Å²) >= 11 is 7.12. The number of thiophene rings is 1. The normalized spacial score (nSPS) is 10.9. The molecule has 0 aliphatic rings. The van der Waals surface area contributed by atoms with Crippen LogP contribution in [-0.2, 0) is 17.9 Å². The first-order valence-electron chi connectivity index (χ1n) is 6.78. The van der Waals surface area contributed by atoms with Crippen molar-refractivity contribution in [2.24, 2.45) is 0 Å². The van der Waals surface area contributed by atoms with Crippen LogP contribution < -0.4 is 5.32 Å². The van der Waals surface area contributed by atoms with Gasteiger partial charge in [-0.25, -0.2) is 0 Å². The van der Waals surface area contributed by atoms with E-state index in [9.17, 15) is 4.79 Å². The van der Waals surface area contributed by atoms with Gasteiger partial charge in [-0.2, -0.15) is 0 Å². The molecule has 0 aliphatic carbocycles. The number of benzene rings is 1. The fraction of sp³-hybridized carbons (Fsp3) is 0.312. The molecule has 0 atom stereocenters. The van der Waals surface area contributed by atoms with Crippen LogP contribution in [0.25, 0.3) is 0 Å². The lowest BCUT2D eigenvalue weighted by Gasteiger charge is -2.12. The van der Waals surface area contributed by atoms with Crippen molar-refractivity contribution in [3.8, 4) is 0 Å². The summed E-state index contributed by atoms with van der Waals surface area (Å²) in [6, 6.07) is 11.4. The topological polar surface area (TPSA) is 38.3 Å². The average molecular weight is 324 g/mol. The SMILES string of the molecule is CC(C)OCc1ccccc1CNC(=O)c1ccc(Cl)s1. The summed E-state index contributed by atoms with van der Waals surface area (Å²) in [5.41, 5.74) is 2.16. The number of hydrogen-bond donors (Lipinski definition) is 1. The minimum Gasteiger partial charge on any atom is -0.374 e. The average Bonchev–Trinajstić information content (AvgIpc) is 2.90. The van der Waals surface area contributed by atoms with E-state index >= 15 is 0 Å². The van der Waals surface area contributed by atoms with Crippen molar-refractivity contribution in [1.29, 1.82) is 0 Å². The van der Waals surface area contributed by atoms with Crippen molar-refractivity contribution >= 4 is 28.8 Å². The number of amides is 1. The van der Waals surface area contributed by atoms with E-state index < -0.39 is 0 Å². The largest absolute Gasteiger partial charge is 0.374 e. The Morgan fingerprint density at radius 3 is 2.57 bits per heavy atom. The summed E-state index contributed by atoms with van der Waals surface area (Å²) in [5, 5.41) is 2.91. The van der Waals surface area contributed by atoms with Gasteiger partial charge in [0.25, 0.3) is 5.91 Å². The molecule has 1 aromatic carbocycles. The molecule has 1 amide bonds. The molecule has 0 radical (unpaired) electrons. The molecule has 3 nitrogen and oxygen atoms in total. The third-order valence-electron chi connectivity index (χ3n) is 2.93. The van der Waals surface area contributed by atoms with Gasteiger partial charge in [0.1, 0.15) is 0 Å². The molecule has 5 heteroatoms. The molecule has 0 bridgehead atoms. The first kappa shape index (κ1) is 16.0. The van der Waals surface area contributed by atoms with Gasteiger partial charge in [0.05, 0.1) is 21.9 Å². The zero-order chi connectivity index (χ0) is 15.2.